The van der Waals surface area contributed by atoms with Gasteiger partial charge in [-0.05, 0) is 24.3 Å². The summed E-state index contributed by atoms with van der Waals surface area (Å²) in [6, 6.07) is 10.8. The zero-order chi connectivity index (χ0) is 18.8. The van der Waals surface area contributed by atoms with Crippen LogP contribution in [0.5, 0.6) is 0 Å². The zero-order valence-electron chi connectivity index (χ0n) is 13.7. The first-order valence-electron chi connectivity index (χ1n) is 7.77. The molecule has 0 spiro atoms. The third-order valence-corrected chi connectivity index (χ3v) is 7.93. The molecule has 0 N–H and O–H groups in total. The number of nitrogens with zero attached hydrogens (tertiary/aromatic N) is 4. The van der Waals surface area contributed by atoms with E-state index in [0.29, 0.717) is 0 Å². The summed E-state index contributed by atoms with van der Waals surface area (Å²) in [5, 5.41) is 9.13. The third-order valence-electron chi connectivity index (χ3n) is 4.10. The highest BCUT2D eigenvalue weighted by molar-refractivity contribution is 7.89. The van der Waals surface area contributed by atoms with Gasteiger partial charge in [0.15, 0.2) is 0 Å². The standard InChI is InChI=1S/C16H16N4O4S2/c17-12-14-4-1-2-6-16(14)26(23,24)20-10-8-19(9-11-20)25(21,22)15-5-3-7-18-13-15/h1-7,13H,8-11H2. The van der Waals surface area contributed by atoms with Crippen LogP contribution in [0.2, 0.25) is 0 Å². The van der Waals surface area contributed by atoms with Gasteiger partial charge in [-0.2, -0.15) is 13.9 Å². The normalized spacial score (nSPS) is 16.9. The Morgan fingerprint density at radius 3 is 2.08 bits per heavy atom. The Hall–Kier alpha value is -2.32. The lowest BCUT2D eigenvalue weighted by atomic mass is 10.2. The van der Waals surface area contributed by atoms with Crippen molar-refractivity contribution >= 4 is 20.0 Å². The monoisotopic (exact) mass is 392 g/mol. The topological polar surface area (TPSA) is 111 Å². The Morgan fingerprint density at radius 2 is 1.50 bits per heavy atom. The molecular formula is C16H16N4O4S2. The van der Waals surface area contributed by atoms with Crippen LogP contribution in [-0.2, 0) is 20.0 Å². The highest BCUT2D eigenvalue weighted by atomic mass is 32.2. The molecule has 136 valence electrons. The van der Waals surface area contributed by atoms with Gasteiger partial charge in [0.25, 0.3) is 0 Å². The fourth-order valence-electron chi connectivity index (χ4n) is 2.72. The van der Waals surface area contributed by atoms with Gasteiger partial charge in [0.05, 0.1) is 10.5 Å². The molecule has 1 aliphatic rings. The lowest BCUT2D eigenvalue weighted by Crippen LogP contribution is -2.50. The molecule has 8 nitrogen and oxygen atoms in total. The molecule has 1 saturated heterocycles. The van der Waals surface area contributed by atoms with Crippen molar-refractivity contribution < 1.29 is 16.8 Å². The molecule has 2 aromatic rings. The Morgan fingerprint density at radius 1 is 0.885 bits per heavy atom. The molecule has 10 heteroatoms. The molecular weight excluding hydrogens is 376 g/mol. The van der Waals surface area contributed by atoms with Crippen LogP contribution in [0.3, 0.4) is 0 Å². The Balaban J connectivity index is 1.80. The van der Waals surface area contributed by atoms with Crippen molar-refractivity contribution in [2.45, 2.75) is 9.79 Å². The highest BCUT2D eigenvalue weighted by Gasteiger charge is 2.34. The van der Waals surface area contributed by atoms with E-state index in [-0.39, 0.29) is 41.5 Å². The summed E-state index contributed by atoms with van der Waals surface area (Å²) in [6.07, 6.45) is 2.75. The molecule has 0 amide bonds. The summed E-state index contributed by atoms with van der Waals surface area (Å²) >= 11 is 0. The molecule has 3 rings (SSSR count). The van der Waals surface area contributed by atoms with E-state index >= 15 is 0 Å². The Bertz CT molecular complexity index is 1040. The quantitative estimate of drug-likeness (QED) is 0.755. The van der Waals surface area contributed by atoms with E-state index < -0.39 is 20.0 Å². The van der Waals surface area contributed by atoms with E-state index in [1.54, 1.807) is 12.1 Å². The van der Waals surface area contributed by atoms with Gasteiger partial charge in [0, 0.05) is 38.6 Å². The molecule has 0 bridgehead atoms. The molecule has 1 aromatic heterocycles. The van der Waals surface area contributed by atoms with Gasteiger partial charge in [-0.25, -0.2) is 16.8 Å². The van der Waals surface area contributed by atoms with Crippen molar-refractivity contribution in [3.05, 3.63) is 54.4 Å². The molecule has 0 radical (unpaired) electrons. The van der Waals surface area contributed by atoms with Crippen molar-refractivity contribution in [1.82, 2.24) is 13.6 Å². The minimum atomic E-state index is -3.86. The van der Waals surface area contributed by atoms with Crippen molar-refractivity contribution in [2.75, 3.05) is 26.2 Å². The zero-order valence-corrected chi connectivity index (χ0v) is 15.3. The van der Waals surface area contributed by atoms with E-state index in [0.717, 1.165) is 0 Å². The molecule has 0 aliphatic carbocycles. The number of sulfonamides is 2. The second-order valence-electron chi connectivity index (χ2n) is 5.60. The minimum absolute atomic E-state index is 0.0155. The van der Waals surface area contributed by atoms with E-state index in [2.05, 4.69) is 4.98 Å². The summed E-state index contributed by atoms with van der Waals surface area (Å²) in [5.41, 5.74) is 0.0675. The Labute approximate surface area is 152 Å². The van der Waals surface area contributed by atoms with Gasteiger partial charge in [-0.15, -0.1) is 0 Å². The van der Waals surface area contributed by atoms with Crippen molar-refractivity contribution in [1.29, 1.82) is 5.26 Å². The maximum absolute atomic E-state index is 12.8. The first-order valence-corrected chi connectivity index (χ1v) is 10.6. The predicted molar refractivity (Wildman–Crippen MR) is 92.9 cm³/mol. The van der Waals surface area contributed by atoms with Crippen LogP contribution >= 0.6 is 0 Å². The maximum atomic E-state index is 12.8. The van der Waals surface area contributed by atoms with Crippen LogP contribution in [-0.4, -0.2) is 56.6 Å². The first kappa shape index (κ1) is 18.5. The van der Waals surface area contributed by atoms with Gasteiger partial charge in [0.1, 0.15) is 11.0 Å². The van der Waals surface area contributed by atoms with Crippen LogP contribution in [0.1, 0.15) is 5.56 Å². The van der Waals surface area contributed by atoms with E-state index in [9.17, 15) is 16.8 Å². The van der Waals surface area contributed by atoms with E-state index in [1.807, 2.05) is 6.07 Å². The van der Waals surface area contributed by atoms with Crippen LogP contribution in [0, 0.1) is 11.3 Å². The van der Waals surface area contributed by atoms with Crippen LogP contribution in [0.25, 0.3) is 0 Å². The SMILES string of the molecule is N#Cc1ccccc1S(=O)(=O)N1CCN(S(=O)(=O)c2cccnc2)CC1. The fourth-order valence-corrected chi connectivity index (χ4v) is 5.67. The number of nitriles is 1. The highest BCUT2D eigenvalue weighted by Crippen LogP contribution is 2.23. The molecule has 0 atom stereocenters. The number of hydrogen-bond donors (Lipinski definition) is 0. The van der Waals surface area contributed by atoms with Gasteiger partial charge >= 0.3 is 0 Å². The van der Waals surface area contributed by atoms with Gasteiger partial charge < -0.3 is 0 Å². The van der Waals surface area contributed by atoms with Gasteiger partial charge in [0.2, 0.25) is 20.0 Å². The number of rotatable bonds is 4. The summed E-state index contributed by atoms with van der Waals surface area (Å²) in [7, 11) is -7.57. The van der Waals surface area contributed by atoms with E-state index in [1.165, 1.54) is 45.3 Å². The van der Waals surface area contributed by atoms with Crippen LogP contribution in [0.4, 0.5) is 0 Å². The largest absolute Gasteiger partial charge is 0.263 e. The van der Waals surface area contributed by atoms with Crippen LogP contribution < -0.4 is 0 Å². The lowest BCUT2D eigenvalue weighted by molar-refractivity contribution is 0.272. The molecule has 1 fully saturated rings. The predicted octanol–water partition coefficient (Wildman–Crippen LogP) is 0.648. The number of piperazine rings is 1. The summed E-state index contributed by atoms with van der Waals surface area (Å²) < 4.78 is 53.2. The molecule has 1 aliphatic heterocycles. The number of aromatic nitrogens is 1. The fraction of sp³-hybridized carbons (Fsp3) is 0.250. The second-order valence-corrected chi connectivity index (χ2v) is 9.45. The molecule has 1 aromatic carbocycles. The molecule has 26 heavy (non-hydrogen) atoms. The smallest absolute Gasteiger partial charge is 0.244 e. The average Bonchev–Trinajstić information content (AvgIpc) is 2.68. The minimum Gasteiger partial charge on any atom is -0.263 e. The maximum Gasteiger partial charge on any atom is 0.244 e. The molecule has 0 unspecified atom stereocenters. The lowest BCUT2D eigenvalue weighted by Gasteiger charge is -2.33. The molecule has 2 heterocycles. The van der Waals surface area contributed by atoms with Crippen molar-refractivity contribution in [2.24, 2.45) is 0 Å². The Kier molecular flexibility index (Phi) is 5.06. The third kappa shape index (κ3) is 3.34. The number of pyridine rings is 1. The second kappa shape index (κ2) is 7.13. The average molecular weight is 392 g/mol. The van der Waals surface area contributed by atoms with Gasteiger partial charge in [-0.3, -0.25) is 4.98 Å². The summed E-state index contributed by atoms with van der Waals surface area (Å²) in [6.45, 7) is 0.0968. The number of benzene rings is 1. The summed E-state index contributed by atoms with van der Waals surface area (Å²) in [4.78, 5) is 3.83. The number of hydrogen-bond acceptors (Lipinski definition) is 6. The first-order chi connectivity index (χ1) is 12.4. The van der Waals surface area contributed by atoms with Crippen molar-refractivity contribution in [3.8, 4) is 6.07 Å². The van der Waals surface area contributed by atoms with E-state index in [4.69, 9.17) is 5.26 Å². The van der Waals surface area contributed by atoms with Crippen molar-refractivity contribution in [3.63, 3.8) is 0 Å². The molecule has 0 saturated carbocycles. The summed E-state index contributed by atoms with van der Waals surface area (Å²) in [5.74, 6) is 0. The van der Waals surface area contributed by atoms with Crippen LogP contribution in [0.15, 0.2) is 58.6 Å². The van der Waals surface area contributed by atoms with Gasteiger partial charge in [-0.1, -0.05) is 12.1 Å².